The Morgan fingerprint density at radius 3 is 2.86 bits per heavy atom. The van der Waals surface area contributed by atoms with Crippen molar-refractivity contribution in [3.05, 3.63) is 28.2 Å². The maximum atomic E-state index is 11.8. The predicted octanol–water partition coefficient (Wildman–Crippen LogP) is 0.861. The lowest BCUT2D eigenvalue weighted by Crippen LogP contribution is -2.39. The van der Waals surface area contributed by atoms with Crippen LogP contribution in [0.5, 0.6) is 0 Å². The van der Waals surface area contributed by atoms with E-state index in [-0.39, 0.29) is 5.69 Å². The summed E-state index contributed by atoms with van der Waals surface area (Å²) in [5.41, 5.74) is 0.948. The average molecular weight is 322 g/mol. The first-order valence-electron chi connectivity index (χ1n) is 7.74. The Balaban J connectivity index is 1.66. The minimum Gasteiger partial charge on any atom is -0.308 e. The molecule has 0 unspecified atom stereocenters. The van der Waals surface area contributed by atoms with Crippen molar-refractivity contribution in [2.24, 2.45) is 20.0 Å². The van der Waals surface area contributed by atoms with E-state index >= 15 is 0 Å². The van der Waals surface area contributed by atoms with Crippen LogP contribution in [0.2, 0.25) is 0 Å². The van der Waals surface area contributed by atoms with Gasteiger partial charge in [-0.1, -0.05) is 12.8 Å². The summed E-state index contributed by atoms with van der Waals surface area (Å²) in [6, 6.07) is 0.451. The first-order valence-corrected chi connectivity index (χ1v) is 8.47. The zero-order chi connectivity index (χ0) is 15.5. The van der Waals surface area contributed by atoms with Crippen LogP contribution in [0.1, 0.15) is 37.2 Å². The van der Waals surface area contributed by atoms with Gasteiger partial charge in [0.05, 0.1) is 23.6 Å². The molecule has 0 radical (unpaired) electrons. The number of hydrogen-bond acceptors (Lipinski definition) is 6. The van der Waals surface area contributed by atoms with E-state index < -0.39 is 0 Å². The average Bonchev–Trinajstić information content (AvgIpc) is 3.12. The van der Waals surface area contributed by atoms with E-state index in [1.165, 1.54) is 42.1 Å². The van der Waals surface area contributed by atoms with Gasteiger partial charge in [0.25, 0.3) is 0 Å². The number of hydrogen-bond donors (Lipinski definition) is 1. The second kappa shape index (κ2) is 6.70. The molecular weight excluding hydrogens is 300 g/mol. The normalized spacial score (nSPS) is 22.1. The molecule has 22 heavy (non-hydrogen) atoms. The zero-order valence-corrected chi connectivity index (χ0v) is 13.8. The Labute approximate surface area is 133 Å². The Morgan fingerprint density at radius 1 is 1.36 bits per heavy atom. The maximum absolute atomic E-state index is 11.8. The SMILES string of the molecule is Cn1nc(C[C@@H]2CCCC[C@@H]2NCc2cnsn2)n(C)c1=O. The highest BCUT2D eigenvalue weighted by Gasteiger charge is 2.27. The van der Waals surface area contributed by atoms with Gasteiger partial charge in [-0.2, -0.15) is 13.8 Å². The largest absolute Gasteiger partial charge is 0.345 e. The minimum atomic E-state index is -0.0520. The number of rotatable bonds is 5. The second-order valence-corrected chi connectivity index (χ2v) is 6.57. The van der Waals surface area contributed by atoms with E-state index in [2.05, 4.69) is 19.2 Å². The van der Waals surface area contributed by atoms with Gasteiger partial charge in [-0.3, -0.25) is 4.57 Å². The Morgan fingerprint density at radius 2 is 2.18 bits per heavy atom. The third-order valence-corrected chi connectivity index (χ3v) is 5.04. The first-order chi connectivity index (χ1) is 10.6. The fraction of sp³-hybridized carbons (Fsp3) is 0.714. The molecular formula is C14H22N6OS. The molecule has 120 valence electrons. The molecule has 8 heteroatoms. The molecule has 1 aliphatic carbocycles. The molecule has 0 bridgehead atoms. The number of aromatic nitrogens is 5. The van der Waals surface area contributed by atoms with E-state index in [9.17, 15) is 4.79 Å². The molecule has 1 aliphatic rings. The van der Waals surface area contributed by atoms with Crippen LogP contribution in [0, 0.1) is 5.92 Å². The van der Waals surface area contributed by atoms with E-state index in [0.29, 0.717) is 12.0 Å². The van der Waals surface area contributed by atoms with Crippen molar-refractivity contribution >= 4 is 11.7 Å². The van der Waals surface area contributed by atoms with Crippen molar-refractivity contribution in [2.75, 3.05) is 0 Å². The van der Waals surface area contributed by atoms with Gasteiger partial charge in [0.1, 0.15) is 5.82 Å². The van der Waals surface area contributed by atoms with Crippen LogP contribution in [0.3, 0.4) is 0 Å². The summed E-state index contributed by atoms with van der Waals surface area (Å²) in [6.07, 6.45) is 7.52. The number of nitrogens with one attached hydrogen (secondary N) is 1. The summed E-state index contributed by atoms with van der Waals surface area (Å²) in [7, 11) is 3.51. The van der Waals surface area contributed by atoms with Crippen molar-refractivity contribution in [3.8, 4) is 0 Å². The summed E-state index contributed by atoms with van der Waals surface area (Å²) >= 11 is 1.25. The minimum absolute atomic E-state index is 0.0520. The van der Waals surface area contributed by atoms with Crippen LogP contribution in [0.4, 0.5) is 0 Å². The molecule has 3 rings (SSSR count). The Kier molecular flexibility index (Phi) is 4.68. The lowest BCUT2D eigenvalue weighted by atomic mass is 9.82. The van der Waals surface area contributed by atoms with Gasteiger partial charge >= 0.3 is 5.69 Å². The molecule has 0 amide bonds. The van der Waals surface area contributed by atoms with Crippen LogP contribution in [0.25, 0.3) is 0 Å². The Bertz CT molecular complexity index is 661. The lowest BCUT2D eigenvalue weighted by Gasteiger charge is -2.32. The molecule has 0 aromatic carbocycles. The molecule has 2 aromatic heterocycles. The van der Waals surface area contributed by atoms with E-state index in [4.69, 9.17) is 0 Å². The highest BCUT2D eigenvalue weighted by atomic mass is 32.1. The van der Waals surface area contributed by atoms with Crippen LogP contribution >= 0.6 is 11.7 Å². The fourth-order valence-corrected chi connectivity index (χ4v) is 3.67. The van der Waals surface area contributed by atoms with Crippen LogP contribution < -0.4 is 11.0 Å². The van der Waals surface area contributed by atoms with Crippen molar-refractivity contribution in [2.45, 2.75) is 44.7 Å². The number of nitrogens with zero attached hydrogens (tertiary/aromatic N) is 5. The molecule has 2 atom stereocenters. The van der Waals surface area contributed by atoms with Crippen molar-refractivity contribution in [1.82, 2.24) is 28.4 Å². The third-order valence-electron chi connectivity index (χ3n) is 4.52. The van der Waals surface area contributed by atoms with Crippen molar-refractivity contribution < 1.29 is 0 Å². The standard InChI is InChI=1S/C14H22N6OS/c1-19-13(17-20(2)14(19)21)7-10-5-3-4-6-12(10)15-8-11-9-16-22-18-11/h9-10,12,15H,3-8H2,1-2H3/t10-,12-/m0/s1. The molecule has 1 saturated carbocycles. The summed E-state index contributed by atoms with van der Waals surface area (Å²) in [5.74, 6) is 1.39. The van der Waals surface area contributed by atoms with E-state index in [0.717, 1.165) is 24.5 Å². The fourth-order valence-electron chi connectivity index (χ4n) is 3.24. The summed E-state index contributed by atoms with van der Waals surface area (Å²) in [4.78, 5) is 11.8. The lowest BCUT2D eigenvalue weighted by molar-refractivity contribution is 0.254. The molecule has 7 nitrogen and oxygen atoms in total. The number of aryl methyl sites for hydroxylation is 1. The quantitative estimate of drug-likeness (QED) is 0.883. The third kappa shape index (κ3) is 3.27. The maximum Gasteiger partial charge on any atom is 0.345 e. The van der Waals surface area contributed by atoms with Crippen LogP contribution in [-0.4, -0.2) is 29.1 Å². The second-order valence-electron chi connectivity index (χ2n) is 6.02. The van der Waals surface area contributed by atoms with Gasteiger partial charge in [-0.25, -0.2) is 9.48 Å². The molecule has 0 spiro atoms. The van der Waals surface area contributed by atoms with Crippen molar-refractivity contribution in [1.29, 1.82) is 0 Å². The molecule has 1 N–H and O–H groups in total. The van der Waals surface area contributed by atoms with Gasteiger partial charge in [0.2, 0.25) is 0 Å². The predicted molar refractivity (Wildman–Crippen MR) is 84.6 cm³/mol. The highest BCUT2D eigenvalue weighted by Crippen LogP contribution is 2.27. The summed E-state index contributed by atoms with van der Waals surface area (Å²) < 4.78 is 11.4. The smallest absolute Gasteiger partial charge is 0.308 e. The van der Waals surface area contributed by atoms with Crippen LogP contribution in [0.15, 0.2) is 11.0 Å². The summed E-state index contributed by atoms with van der Waals surface area (Å²) in [5, 5.41) is 7.98. The molecule has 1 fully saturated rings. The topological polar surface area (TPSA) is 77.6 Å². The zero-order valence-electron chi connectivity index (χ0n) is 13.0. The van der Waals surface area contributed by atoms with E-state index in [1.807, 2.05) is 6.20 Å². The van der Waals surface area contributed by atoms with Gasteiger partial charge in [-0.15, -0.1) is 0 Å². The molecule has 0 saturated heterocycles. The van der Waals surface area contributed by atoms with Gasteiger partial charge < -0.3 is 5.32 Å². The summed E-state index contributed by atoms with van der Waals surface area (Å²) in [6.45, 7) is 0.763. The molecule has 0 aliphatic heterocycles. The van der Waals surface area contributed by atoms with Crippen LogP contribution in [-0.2, 0) is 27.1 Å². The van der Waals surface area contributed by atoms with E-state index in [1.54, 1.807) is 18.7 Å². The monoisotopic (exact) mass is 322 g/mol. The first kappa shape index (κ1) is 15.4. The molecule has 2 aromatic rings. The van der Waals surface area contributed by atoms with Gasteiger partial charge in [-0.05, 0) is 18.8 Å². The Hall–Kier alpha value is -1.54. The highest BCUT2D eigenvalue weighted by molar-refractivity contribution is 6.99. The van der Waals surface area contributed by atoms with Crippen molar-refractivity contribution in [3.63, 3.8) is 0 Å². The molecule has 2 heterocycles. The van der Waals surface area contributed by atoms with Gasteiger partial charge in [0, 0.05) is 33.1 Å². The van der Waals surface area contributed by atoms with Gasteiger partial charge in [0.15, 0.2) is 0 Å².